The molecule has 0 saturated heterocycles. The zero-order chi connectivity index (χ0) is 10.7. The smallest absolute Gasteiger partial charge is 0.256 e. The van der Waals surface area contributed by atoms with Gasteiger partial charge in [-0.2, -0.15) is 0 Å². The second kappa shape index (κ2) is 4.37. The van der Waals surface area contributed by atoms with Gasteiger partial charge in [-0.15, -0.1) is 0 Å². The summed E-state index contributed by atoms with van der Waals surface area (Å²) in [5.74, 6) is -0.483. The van der Waals surface area contributed by atoms with Crippen molar-refractivity contribution in [3.8, 4) is 0 Å². The molecule has 0 aliphatic carbocycles. The fraction of sp³-hybridized carbons (Fsp3) is 0.600. The van der Waals surface area contributed by atoms with E-state index in [0.29, 0.717) is 18.4 Å². The van der Waals surface area contributed by atoms with E-state index in [0.717, 1.165) is 0 Å². The van der Waals surface area contributed by atoms with Crippen LogP contribution >= 0.6 is 0 Å². The molecule has 1 heterocycles. The van der Waals surface area contributed by atoms with E-state index < -0.39 is 0 Å². The Bertz CT molecular complexity index is 283. The summed E-state index contributed by atoms with van der Waals surface area (Å²) < 4.78 is 0. The van der Waals surface area contributed by atoms with Crippen LogP contribution in [0, 0.1) is 0 Å². The van der Waals surface area contributed by atoms with E-state index in [9.17, 15) is 9.59 Å². The third-order valence-electron chi connectivity index (χ3n) is 2.43. The van der Waals surface area contributed by atoms with Gasteiger partial charge in [-0.1, -0.05) is 6.92 Å². The number of aliphatic hydroxyl groups excluding tert-OH is 1. The molecule has 0 spiro atoms. The Labute approximate surface area is 83.2 Å². The molecule has 4 nitrogen and oxygen atoms in total. The van der Waals surface area contributed by atoms with Crippen LogP contribution in [0.2, 0.25) is 0 Å². The molecule has 0 aromatic rings. The highest BCUT2D eigenvalue weighted by Crippen LogP contribution is 2.18. The summed E-state index contributed by atoms with van der Waals surface area (Å²) in [6.45, 7) is 3.52. The molecule has 0 bridgehead atoms. The minimum atomic E-state index is -0.257. The summed E-state index contributed by atoms with van der Waals surface area (Å²) in [6, 6.07) is -0.173. The Morgan fingerprint density at radius 3 is 2.50 bits per heavy atom. The lowest BCUT2D eigenvalue weighted by atomic mass is 10.1. The third kappa shape index (κ3) is 1.85. The summed E-state index contributed by atoms with van der Waals surface area (Å²) in [7, 11) is 0. The average Bonchev–Trinajstić information content (AvgIpc) is 2.39. The van der Waals surface area contributed by atoms with Gasteiger partial charge in [-0.3, -0.25) is 14.5 Å². The molecule has 4 heteroatoms. The van der Waals surface area contributed by atoms with Gasteiger partial charge in [0.15, 0.2) is 0 Å². The number of amides is 2. The zero-order valence-electron chi connectivity index (χ0n) is 8.49. The highest BCUT2D eigenvalue weighted by atomic mass is 16.3. The predicted molar refractivity (Wildman–Crippen MR) is 51.4 cm³/mol. The Morgan fingerprint density at radius 2 is 2.14 bits per heavy atom. The molecule has 0 aromatic carbocycles. The minimum absolute atomic E-state index is 0.00534. The molecular weight excluding hydrogens is 182 g/mol. The standard InChI is InChI=1S/C10H15NO3/c1-3-8(4-5-12)11-9(13)6-7(2)10(11)14/h6,8,12H,3-5H2,1-2H3. The second-order valence-corrected chi connectivity index (χ2v) is 3.42. The van der Waals surface area contributed by atoms with Crippen molar-refractivity contribution < 1.29 is 14.7 Å². The van der Waals surface area contributed by atoms with E-state index in [1.54, 1.807) is 6.92 Å². The average molecular weight is 197 g/mol. The molecule has 78 valence electrons. The van der Waals surface area contributed by atoms with E-state index in [2.05, 4.69) is 0 Å². The van der Waals surface area contributed by atoms with Gasteiger partial charge in [-0.25, -0.2) is 0 Å². The lowest BCUT2D eigenvalue weighted by Gasteiger charge is -2.24. The number of aliphatic hydroxyl groups is 1. The predicted octanol–water partition coefficient (Wildman–Crippen LogP) is 0.463. The first kappa shape index (κ1) is 10.9. The molecule has 0 aromatic heterocycles. The number of hydrogen-bond donors (Lipinski definition) is 1. The van der Waals surface area contributed by atoms with Gasteiger partial charge in [0.2, 0.25) is 0 Å². The van der Waals surface area contributed by atoms with Gasteiger partial charge in [0, 0.05) is 24.3 Å². The first-order valence-corrected chi connectivity index (χ1v) is 4.78. The molecule has 1 unspecified atom stereocenters. The van der Waals surface area contributed by atoms with Crippen LogP contribution in [0.1, 0.15) is 26.7 Å². The summed E-state index contributed by atoms with van der Waals surface area (Å²) >= 11 is 0. The molecule has 1 atom stereocenters. The molecule has 0 saturated carbocycles. The monoisotopic (exact) mass is 197 g/mol. The summed E-state index contributed by atoms with van der Waals surface area (Å²) in [5, 5.41) is 8.80. The fourth-order valence-corrected chi connectivity index (χ4v) is 1.62. The van der Waals surface area contributed by atoms with Crippen LogP contribution in [0.15, 0.2) is 11.6 Å². The van der Waals surface area contributed by atoms with Crippen LogP contribution < -0.4 is 0 Å². The van der Waals surface area contributed by atoms with Crippen molar-refractivity contribution in [2.45, 2.75) is 32.7 Å². The highest BCUT2D eigenvalue weighted by Gasteiger charge is 2.33. The van der Waals surface area contributed by atoms with Crippen molar-refractivity contribution in [2.75, 3.05) is 6.61 Å². The van der Waals surface area contributed by atoms with Crippen LogP contribution in [0.3, 0.4) is 0 Å². The third-order valence-corrected chi connectivity index (χ3v) is 2.43. The van der Waals surface area contributed by atoms with E-state index in [-0.39, 0.29) is 24.5 Å². The minimum Gasteiger partial charge on any atom is -0.396 e. The van der Waals surface area contributed by atoms with Crippen LogP contribution in [0.25, 0.3) is 0 Å². The normalized spacial score (nSPS) is 18.8. The fourth-order valence-electron chi connectivity index (χ4n) is 1.62. The molecule has 1 aliphatic heterocycles. The number of carbonyl (C=O) groups excluding carboxylic acids is 2. The maximum Gasteiger partial charge on any atom is 0.256 e. The molecule has 2 amide bonds. The first-order chi connectivity index (χ1) is 6.61. The zero-order valence-corrected chi connectivity index (χ0v) is 8.49. The van der Waals surface area contributed by atoms with Crippen molar-refractivity contribution >= 4 is 11.8 Å². The van der Waals surface area contributed by atoms with Crippen molar-refractivity contribution in [1.82, 2.24) is 4.90 Å². The molecule has 0 fully saturated rings. The molecule has 0 radical (unpaired) electrons. The quantitative estimate of drug-likeness (QED) is 0.666. The number of rotatable bonds is 4. The van der Waals surface area contributed by atoms with Crippen LogP contribution in [0.5, 0.6) is 0 Å². The summed E-state index contributed by atoms with van der Waals surface area (Å²) in [6.07, 6.45) is 2.48. The van der Waals surface area contributed by atoms with Crippen molar-refractivity contribution in [1.29, 1.82) is 0 Å². The van der Waals surface area contributed by atoms with Gasteiger partial charge in [-0.05, 0) is 19.8 Å². The molecule has 14 heavy (non-hydrogen) atoms. The first-order valence-electron chi connectivity index (χ1n) is 4.78. The van der Waals surface area contributed by atoms with Gasteiger partial charge in [0.1, 0.15) is 0 Å². The topological polar surface area (TPSA) is 57.6 Å². The van der Waals surface area contributed by atoms with Crippen LogP contribution in [-0.2, 0) is 9.59 Å². The van der Waals surface area contributed by atoms with Crippen molar-refractivity contribution in [2.24, 2.45) is 0 Å². The lowest BCUT2D eigenvalue weighted by Crippen LogP contribution is -2.40. The van der Waals surface area contributed by atoms with Gasteiger partial charge >= 0.3 is 0 Å². The van der Waals surface area contributed by atoms with Gasteiger partial charge in [0.25, 0.3) is 11.8 Å². The van der Waals surface area contributed by atoms with E-state index >= 15 is 0 Å². The van der Waals surface area contributed by atoms with E-state index in [1.807, 2.05) is 6.92 Å². The molecule has 1 rings (SSSR count). The largest absolute Gasteiger partial charge is 0.396 e. The van der Waals surface area contributed by atoms with Crippen molar-refractivity contribution in [3.63, 3.8) is 0 Å². The lowest BCUT2D eigenvalue weighted by molar-refractivity contribution is -0.140. The second-order valence-electron chi connectivity index (χ2n) is 3.42. The van der Waals surface area contributed by atoms with Crippen molar-refractivity contribution in [3.05, 3.63) is 11.6 Å². The molecular formula is C10H15NO3. The SMILES string of the molecule is CCC(CCO)N1C(=O)C=C(C)C1=O. The number of hydrogen-bond acceptors (Lipinski definition) is 3. The Kier molecular flexibility index (Phi) is 3.41. The maximum absolute atomic E-state index is 11.5. The summed E-state index contributed by atoms with van der Waals surface area (Å²) in [4.78, 5) is 24.2. The molecule has 1 aliphatic rings. The van der Waals surface area contributed by atoms with E-state index in [4.69, 9.17) is 5.11 Å². The maximum atomic E-state index is 11.5. The van der Waals surface area contributed by atoms with E-state index in [1.165, 1.54) is 11.0 Å². The number of nitrogens with zero attached hydrogens (tertiary/aromatic N) is 1. The number of carbonyl (C=O) groups is 2. The molecule has 1 N–H and O–H groups in total. The Hall–Kier alpha value is -1.16. The van der Waals surface area contributed by atoms with Crippen LogP contribution in [0.4, 0.5) is 0 Å². The number of imide groups is 1. The van der Waals surface area contributed by atoms with Crippen LogP contribution in [-0.4, -0.2) is 34.5 Å². The highest BCUT2D eigenvalue weighted by molar-refractivity contribution is 6.16. The van der Waals surface area contributed by atoms with Gasteiger partial charge < -0.3 is 5.11 Å². The van der Waals surface area contributed by atoms with Gasteiger partial charge in [0.05, 0.1) is 0 Å². The Morgan fingerprint density at radius 1 is 1.50 bits per heavy atom. The Balaban J connectivity index is 2.78. The summed E-state index contributed by atoms with van der Waals surface area (Å²) in [5.41, 5.74) is 0.478.